The number of carbonyl (C=O) groups is 1. The summed E-state index contributed by atoms with van der Waals surface area (Å²) in [6.45, 7) is 1.80. The Kier molecular flexibility index (Phi) is 7.50. The van der Waals surface area contributed by atoms with E-state index < -0.39 is 17.5 Å². The van der Waals surface area contributed by atoms with Crippen molar-refractivity contribution in [2.24, 2.45) is 0 Å². The molecule has 0 aliphatic heterocycles. The number of imidazole rings is 1. The molecule has 0 aliphatic rings. The number of aromatic nitrogens is 4. The van der Waals surface area contributed by atoms with Crippen molar-refractivity contribution in [2.75, 3.05) is 6.54 Å². The van der Waals surface area contributed by atoms with Gasteiger partial charge in [-0.1, -0.05) is 29.8 Å². The summed E-state index contributed by atoms with van der Waals surface area (Å²) in [4.78, 5) is 19.3. The summed E-state index contributed by atoms with van der Waals surface area (Å²) < 4.78 is 27.8. The van der Waals surface area contributed by atoms with E-state index in [1.165, 1.54) is 13.1 Å². The van der Waals surface area contributed by atoms with E-state index in [4.69, 9.17) is 11.6 Å². The number of aromatic amines is 2. The van der Waals surface area contributed by atoms with Gasteiger partial charge in [-0.25, -0.2) is 13.8 Å². The molecule has 2 aromatic heterocycles. The van der Waals surface area contributed by atoms with E-state index >= 15 is 0 Å². The Hall–Kier alpha value is -3.52. The van der Waals surface area contributed by atoms with Crippen LogP contribution in [0.3, 0.4) is 0 Å². The second-order valence-electron chi connectivity index (χ2n) is 6.53. The minimum atomic E-state index is -0.622. The lowest BCUT2D eigenvalue weighted by Gasteiger charge is -2.09. The summed E-state index contributed by atoms with van der Waals surface area (Å²) in [6, 6.07) is 11.5. The molecular formula is C22H20ClF2N5O. The fraction of sp³-hybridized carbons (Fsp3) is 0.136. The maximum absolute atomic E-state index is 14.1. The van der Waals surface area contributed by atoms with Gasteiger partial charge in [-0.2, -0.15) is 5.10 Å². The van der Waals surface area contributed by atoms with Crippen LogP contribution in [0.25, 0.3) is 11.3 Å². The van der Waals surface area contributed by atoms with Gasteiger partial charge in [-0.15, -0.1) is 0 Å². The first-order valence-electron chi connectivity index (χ1n) is 9.42. The fourth-order valence-electron chi connectivity index (χ4n) is 2.85. The van der Waals surface area contributed by atoms with Crippen LogP contribution in [0.15, 0.2) is 61.1 Å². The van der Waals surface area contributed by atoms with Crippen molar-refractivity contribution >= 4 is 17.5 Å². The highest BCUT2D eigenvalue weighted by atomic mass is 35.5. The molecule has 4 aromatic rings. The van der Waals surface area contributed by atoms with E-state index in [9.17, 15) is 13.6 Å². The molecule has 1 amide bonds. The Morgan fingerprint density at radius 2 is 1.87 bits per heavy atom. The molecular weight excluding hydrogens is 424 g/mol. The van der Waals surface area contributed by atoms with E-state index in [0.717, 1.165) is 23.0 Å². The third kappa shape index (κ3) is 5.76. The number of H-pyrrole nitrogens is 2. The Bertz CT molecular complexity index is 1130. The maximum Gasteiger partial charge on any atom is 0.255 e. The van der Waals surface area contributed by atoms with Crippen molar-refractivity contribution in [3.63, 3.8) is 0 Å². The van der Waals surface area contributed by atoms with Crippen LogP contribution < -0.4 is 5.32 Å². The summed E-state index contributed by atoms with van der Waals surface area (Å²) in [5, 5.41) is 9.88. The molecule has 4 rings (SSSR count). The summed E-state index contributed by atoms with van der Waals surface area (Å²) >= 11 is 5.54. The van der Waals surface area contributed by atoms with E-state index in [1.807, 2.05) is 30.3 Å². The van der Waals surface area contributed by atoms with Crippen LogP contribution in [0.1, 0.15) is 21.7 Å². The van der Waals surface area contributed by atoms with Gasteiger partial charge in [0.2, 0.25) is 0 Å². The van der Waals surface area contributed by atoms with Gasteiger partial charge >= 0.3 is 0 Å². The van der Waals surface area contributed by atoms with Crippen molar-refractivity contribution in [1.82, 2.24) is 25.5 Å². The molecule has 0 atom stereocenters. The number of benzene rings is 2. The lowest BCUT2D eigenvalue weighted by atomic mass is 10.0. The van der Waals surface area contributed by atoms with Crippen LogP contribution in [-0.2, 0) is 6.42 Å². The van der Waals surface area contributed by atoms with Crippen LogP contribution in [-0.4, -0.2) is 32.6 Å². The van der Waals surface area contributed by atoms with E-state index in [2.05, 4.69) is 25.5 Å². The smallest absolute Gasteiger partial charge is 0.255 e. The second-order valence-corrected chi connectivity index (χ2v) is 6.96. The summed E-state index contributed by atoms with van der Waals surface area (Å²) in [6.07, 6.45) is 5.14. The van der Waals surface area contributed by atoms with Crippen LogP contribution in [0, 0.1) is 18.6 Å². The molecule has 0 saturated heterocycles. The lowest BCUT2D eigenvalue weighted by molar-refractivity contribution is 0.0954. The monoisotopic (exact) mass is 443 g/mol. The van der Waals surface area contributed by atoms with Gasteiger partial charge in [0.15, 0.2) is 0 Å². The minimum absolute atomic E-state index is 0.00341. The number of hydrogen-bond acceptors (Lipinski definition) is 3. The second kappa shape index (κ2) is 10.5. The SMILES string of the molecule is Cc1c(F)ccc(F)c1-c1[nH]ncc1C(=O)NCCc1ncc[nH]1.Clc1ccccc1. The molecule has 0 aliphatic carbocycles. The third-order valence-electron chi connectivity index (χ3n) is 4.42. The molecule has 2 aromatic carbocycles. The summed E-state index contributed by atoms with van der Waals surface area (Å²) in [7, 11) is 0. The molecule has 0 spiro atoms. The topological polar surface area (TPSA) is 86.5 Å². The Labute approximate surface area is 182 Å². The lowest BCUT2D eigenvalue weighted by Crippen LogP contribution is -2.26. The van der Waals surface area contributed by atoms with Crippen LogP contribution in [0.2, 0.25) is 5.02 Å². The third-order valence-corrected chi connectivity index (χ3v) is 4.67. The molecule has 0 fully saturated rings. The Morgan fingerprint density at radius 3 is 2.52 bits per heavy atom. The van der Waals surface area contributed by atoms with E-state index in [0.29, 0.717) is 13.0 Å². The Morgan fingerprint density at radius 1 is 1.13 bits per heavy atom. The number of halogens is 3. The zero-order valence-corrected chi connectivity index (χ0v) is 17.4. The van der Waals surface area contributed by atoms with Gasteiger partial charge in [0.1, 0.15) is 17.5 Å². The van der Waals surface area contributed by atoms with Gasteiger partial charge in [-0.05, 0) is 36.8 Å². The largest absolute Gasteiger partial charge is 0.351 e. The highest BCUT2D eigenvalue weighted by Crippen LogP contribution is 2.29. The zero-order chi connectivity index (χ0) is 22.2. The average Bonchev–Trinajstić information content (AvgIpc) is 3.44. The van der Waals surface area contributed by atoms with Crippen molar-refractivity contribution in [1.29, 1.82) is 0 Å². The summed E-state index contributed by atoms with van der Waals surface area (Å²) in [5.74, 6) is -0.851. The number of nitrogens with zero attached hydrogens (tertiary/aromatic N) is 2. The van der Waals surface area contributed by atoms with Crippen molar-refractivity contribution < 1.29 is 13.6 Å². The minimum Gasteiger partial charge on any atom is -0.351 e. The van der Waals surface area contributed by atoms with Gasteiger partial charge in [0.05, 0.1) is 17.5 Å². The summed E-state index contributed by atoms with van der Waals surface area (Å²) in [5.41, 5.74) is 0.426. The number of carbonyl (C=O) groups excluding carboxylic acids is 1. The molecule has 3 N–H and O–H groups in total. The van der Waals surface area contributed by atoms with Crippen LogP contribution in [0.4, 0.5) is 8.78 Å². The van der Waals surface area contributed by atoms with E-state index in [-0.39, 0.29) is 22.4 Å². The first-order chi connectivity index (χ1) is 15.0. The predicted molar refractivity (Wildman–Crippen MR) is 115 cm³/mol. The van der Waals surface area contributed by atoms with E-state index in [1.54, 1.807) is 12.4 Å². The first-order valence-corrected chi connectivity index (χ1v) is 9.80. The fourth-order valence-corrected chi connectivity index (χ4v) is 2.99. The van der Waals surface area contributed by atoms with Gasteiger partial charge in [0, 0.05) is 35.9 Å². The molecule has 0 unspecified atom stereocenters. The van der Waals surface area contributed by atoms with Crippen molar-refractivity contribution in [3.05, 3.63) is 94.7 Å². The number of hydrogen-bond donors (Lipinski definition) is 3. The molecule has 2 heterocycles. The van der Waals surface area contributed by atoms with Gasteiger partial charge in [0.25, 0.3) is 5.91 Å². The standard InChI is InChI=1S/C16H15F2N5O.C6H5Cl/c1-9-11(17)2-3-12(18)14(9)15-10(8-22-23-15)16(24)21-5-4-13-19-6-7-20-13;7-6-4-2-1-3-5-6/h2-3,6-8H,4-5H2,1H3,(H,19,20)(H,21,24)(H,22,23);1-5H. The van der Waals surface area contributed by atoms with Crippen LogP contribution >= 0.6 is 11.6 Å². The normalized spacial score (nSPS) is 10.3. The molecule has 0 radical (unpaired) electrons. The maximum atomic E-state index is 14.1. The van der Waals surface area contributed by atoms with Crippen LogP contribution in [0.5, 0.6) is 0 Å². The number of rotatable bonds is 5. The quantitative estimate of drug-likeness (QED) is 0.418. The molecule has 0 bridgehead atoms. The average molecular weight is 444 g/mol. The Balaban J connectivity index is 0.000000330. The highest BCUT2D eigenvalue weighted by molar-refractivity contribution is 6.30. The van der Waals surface area contributed by atoms with Crippen molar-refractivity contribution in [3.8, 4) is 11.3 Å². The van der Waals surface area contributed by atoms with Gasteiger partial charge < -0.3 is 10.3 Å². The van der Waals surface area contributed by atoms with Gasteiger partial charge in [-0.3, -0.25) is 9.89 Å². The molecule has 0 saturated carbocycles. The zero-order valence-electron chi connectivity index (χ0n) is 16.6. The molecule has 160 valence electrons. The number of nitrogens with one attached hydrogen (secondary N) is 3. The first kappa shape index (κ1) is 22.2. The highest BCUT2D eigenvalue weighted by Gasteiger charge is 2.21. The predicted octanol–water partition coefficient (Wildman–Crippen LogP) is 4.70. The molecule has 31 heavy (non-hydrogen) atoms. The molecule has 9 heteroatoms. The molecule has 6 nitrogen and oxygen atoms in total. The number of amides is 1. The van der Waals surface area contributed by atoms with Crippen molar-refractivity contribution in [2.45, 2.75) is 13.3 Å².